The van der Waals surface area contributed by atoms with Crippen LogP contribution < -0.4 is 0 Å². The van der Waals surface area contributed by atoms with Crippen molar-refractivity contribution in [2.45, 2.75) is 31.1 Å². The first kappa shape index (κ1) is 16.6. The summed E-state index contributed by atoms with van der Waals surface area (Å²) in [6, 6.07) is 3.52. The van der Waals surface area contributed by atoms with E-state index in [2.05, 4.69) is 25.1 Å². The number of nitrogens with one attached hydrogen (secondary N) is 1. The summed E-state index contributed by atoms with van der Waals surface area (Å²) in [6.45, 7) is 0. The molecule has 2 heterocycles. The molecule has 1 fully saturated rings. The lowest BCUT2D eigenvalue weighted by Crippen LogP contribution is -2.13. The topological polar surface area (TPSA) is 67.3 Å². The molecule has 2 aromatic heterocycles. The molecule has 5 nitrogen and oxygen atoms in total. The number of H-pyrrole nitrogens is 1. The van der Waals surface area contributed by atoms with E-state index in [1.165, 1.54) is 24.5 Å². The second-order valence-electron chi connectivity index (χ2n) is 6.35. The SMILES string of the molecule is Fc1cc(F)cc(C2(Cc3ncc(-c4n[nH]c(C(F)F)n4)cn3)CC2)c1. The molecule has 0 radical (unpaired) electrons. The summed E-state index contributed by atoms with van der Waals surface area (Å²) in [6.07, 6.45) is 2.18. The molecule has 1 saturated carbocycles. The van der Waals surface area contributed by atoms with E-state index in [1.807, 2.05) is 0 Å². The smallest absolute Gasteiger partial charge is 0.258 e. The first-order valence-corrected chi connectivity index (χ1v) is 7.93. The summed E-state index contributed by atoms with van der Waals surface area (Å²) in [5, 5.41) is 5.87. The summed E-state index contributed by atoms with van der Waals surface area (Å²) in [4.78, 5) is 12.1. The lowest BCUT2D eigenvalue weighted by molar-refractivity contribution is 0.141. The molecule has 26 heavy (non-hydrogen) atoms. The molecule has 1 N–H and O–H groups in total. The second kappa shape index (κ2) is 6.15. The second-order valence-corrected chi connectivity index (χ2v) is 6.35. The molecule has 0 unspecified atom stereocenters. The van der Waals surface area contributed by atoms with Crippen LogP contribution in [0.4, 0.5) is 17.6 Å². The maximum absolute atomic E-state index is 13.5. The average Bonchev–Trinajstić information content (AvgIpc) is 3.20. The van der Waals surface area contributed by atoms with E-state index in [4.69, 9.17) is 0 Å². The first-order valence-electron chi connectivity index (χ1n) is 7.93. The summed E-state index contributed by atoms with van der Waals surface area (Å²) >= 11 is 0. The van der Waals surface area contributed by atoms with Gasteiger partial charge in [0.05, 0.1) is 5.56 Å². The molecule has 134 valence electrons. The molecular weight excluding hydrogens is 350 g/mol. The van der Waals surface area contributed by atoms with E-state index in [1.54, 1.807) is 0 Å². The van der Waals surface area contributed by atoms with Crippen LogP contribution in [-0.4, -0.2) is 25.1 Å². The third-order valence-electron chi connectivity index (χ3n) is 4.50. The van der Waals surface area contributed by atoms with Gasteiger partial charge in [-0.15, -0.1) is 0 Å². The lowest BCUT2D eigenvalue weighted by atomic mass is 9.92. The van der Waals surface area contributed by atoms with Gasteiger partial charge in [-0.3, -0.25) is 5.10 Å². The number of hydrogen-bond donors (Lipinski definition) is 1. The van der Waals surface area contributed by atoms with Crippen LogP contribution in [0.15, 0.2) is 30.6 Å². The van der Waals surface area contributed by atoms with Crippen molar-refractivity contribution in [3.8, 4) is 11.4 Å². The Labute approximate surface area is 145 Å². The van der Waals surface area contributed by atoms with Gasteiger partial charge >= 0.3 is 0 Å². The van der Waals surface area contributed by atoms with Gasteiger partial charge in [-0.2, -0.15) is 5.10 Å². The van der Waals surface area contributed by atoms with Crippen LogP contribution in [0.3, 0.4) is 0 Å². The van der Waals surface area contributed by atoms with Gasteiger partial charge < -0.3 is 0 Å². The van der Waals surface area contributed by atoms with Gasteiger partial charge in [0, 0.05) is 30.3 Å². The van der Waals surface area contributed by atoms with Gasteiger partial charge in [0.25, 0.3) is 6.43 Å². The van der Waals surface area contributed by atoms with Crippen molar-refractivity contribution in [1.29, 1.82) is 0 Å². The Morgan fingerprint density at radius 1 is 1.04 bits per heavy atom. The zero-order valence-electron chi connectivity index (χ0n) is 13.4. The van der Waals surface area contributed by atoms with Crippen molar-refractivity contribution in [3.63, 3.8) is 0 Å². The molecule has 0 bridgehead atoms. The number of alkyl halides is 2. The Bertz CT molecular complexity index is 914. The molecular formula is C17H13F4N5. The molecule has 9 heteroatoms. The minimum Gasteiger partial charge on any atom is -0.258 e. The van der Waals surface area contributed by atoms with Crippen molar-refractivity contribution in [2.24, 2.45) is 0 Å². The number of rotatable bonds is 5. The minimum atomic E-state index is -2.74. The standard InChI is InChI=1S/C17H13F4N5/c18-11-3-10(4-12(19)5-11)17(1-2-17)6-13-22-7-9(8-23-13)15-24-16(14(20)21)26-25-15/h3-5,7-8,14H,1-2,6H2,(H,24,25,26). The van der Waals surface area contributed by atoms with E-state index >= 15 is 0 Å². The van der Waals surface area contributed by atoms with Crippen LogP contribution in [0.1, 0.15) is 36.5 Å². The number of hydrogen-bond acceptors (Lipinski definition) is 4. The van der Waals surface area contributed by atoms with E-state index in [0.29, 0.717) is 23.4 Å². The Balaban J connectivity index is 1.54. The Hall–Kier alpha value is -2.84. The third-order valence-corrected chi connectivity index (χ3v) is 4.50. The largest absolute Gasteiger partial charge is 0.296 e. The minimum absolute atomic E-state index is 0.0835. The zero-order valence-corrected chi connectivity index (χ0v) is 13.4. The van der Waals surface area contributed by atoms with Gasteiger partial charge in [0.2, 0.25) is 0 Å². The molecule has 4 rings (SSSR count). The van der Waals surface area contributed by atoms with Crippen molar-refractivity contribution < 1.29 is 17.6 Å². The van der Waals surface area contributed by atoms with Gasteiger partial charge in [-0.05, 0) is 30.5 Å². The van der Waals surface area contributed by atoms with Gasteiger partial charge in [0.1, 0.15) is 17.5 Å². The monoisotopic (exact) mass is 363 g/mol. The molecule has 0 atom stereocenters. The maximum atomic E-state index is 13.5. The van der Waals surface area contributed by atoms with Crippen LogP contribution in [-0.2, 0) is 11.8 Å². The van der Waals surface area contributed by atoms with E-state index < -0.39 is 23.9 Å². The molecule has 0 amide bonds. The van der Waals surface area contributed by atoms with Crippen LogP contribution >= 0.6 is 0 Å². The molecule has 0 spiro atoms. The van der Waals surface area contributed by atoms with Crippen molar-refractivity contribution in [3.05, 3.63) is 59.4 Å². The maximum Gasteiger partial charge on any atom is 0.296 e. The average molecular weight is 363 g/mol. The van der Waals surface area contributed by atoms with E-state index in [9.17, 15) is 17.6 Å². The molecule has 1 aromatic carbocycles. The zero-order chi connectivity index (χ0) is 18.3. The van der Waals surface area contributed by atoms with Gasteiger partial charge in [-0.1, -0.05) is 0 Å². The number of benzene rings is 1. The van der Waals surface area contributed by atoms with Gasteiger partial charge in [0.15, 0.2) is 11.6 Å². The van der Waals surface area contributed by atoms with Crippen molar-refractivity contribution in [2.75, 3.05) is 0 Å². The fraction of sp³-hybridized carbons (Fsp3) is 0.294. The van der Waals surface area contributed by atoms with E-state index in [0.717, 1.165) is 18.9 Å². The van der Waals surface area contributed by atoms with Crippen molar-refractivity contribution >= 4 is 0 Å². The summed E-state index contributed by atoms with van der Waals surface area (Å²) < 4.78 is 52.1. The van der Waals surface area contributed by atoms with Gasteiger partial charge in [-0.25, -0.2) is 32.5 Å². The normalized spacial score (nSPS) is 15.4. The summed E-state index contributed by atoms with van der Waals surface area (Å²) in [5.74, 6) is -1.15. The fourth-order valence-corrected chi connectivity index (χ4v) is 2.94. The molecule has 1 aliphatic rings. The highest BCUT2D eigenvalue weighted by molar-refractivity contribution is 5.51. The number of aromatic amines is 1. The van der Waals surface area contributed by atoms with Crippen LogP contribution in [0.2, 0.25) is 0 Å². The van der Waals surface area contributed by atoms with Crippen molar-refractivity contribution in [1.82, 2.24) is 25.1 Å². The number of aromatic nitrogens is 5. The molecule has 1 aliphatic carbocycles. The fourth-order valence-electron chi connectivity index (χ4n) is 2.94. The number of nitrogens with zero attached hydrogens (tertiary/aromatic N) is 4. The highest BCUT2D eigenvalue weighted by atomic mass is 19.3. The Morgan fingerprint density at radius 3 is 2.23 bits per heavy atom. The molecule has 3 aromatic rings. The van der Waals surface area contributed by atoms with Crippen LogP contribution in [0.5, 0.6) is 0 Å². The van der Waals surface area contributed by atoms with E-state index in [-0.39, 0.29) is 11.2 Å². The van der Waals surface area contributed by atoms with Crippen LogP contribution in [0, 0.1) is 11.6 Å². The first-order chi connectivity index (χ1) is 12.4. The summed E-state index contributed by atoms with van der Waals surface area (Å²) in [7, 11) is 0. The predicted molar refractivity (Wildman–Crippen MR) is 83.3 cm³/mol. The molecule has 0 saturated heterocycles. The Kier molecular flexibility index (Phi) is 3.93. The highest BCUT2D eigenvalue weighted by Gasteiger charge is 2.45. The third kappa shape index (κ3) is 3.16. The predicted octanol–water partition coefficient (Wildman–Crippen LogP) is 3.75. The highest BCUT2D eigenvalue weighted by Crippen LogP contribution is 2.50. The number of halogens is 4. The Morgan fingerprint density at radius 2 is 1.69 bits per heavy atom. The molecule has 0 aliphatic heterocycles. The lowest BCUT2D eigenvalue weighted by Gasteiger charge is -2.15. The quantitative estimate of drug-likeness (QED) is 0.701. The van der Waals surface area contributed by atoms with Crippen LogP contribution in [0.25, 0.3) is 11.4 Å². The summed E-state index contributed by atoms with van der Waals surface area (Å²) in [5.41, 5.74) is 0.634.